The average molecular weight is 391 g/mol. The molecule has 4 rings (SSSR count). The predicted molar refractivity (Wildman–Crippen MR) is 104 cm³/mol. The first-order valence-corrected chi connectivity index (χ1v) is 10.9. The molecule has 156 valence electrons. The molecule has 4 aliphatic rings. The molecule has 0 aromatic rings. The molecular formula is C22H34N2O4. The molecule has 2 unspecified atom stereocenters. The number of carboxylic acid groups (broad SMARTS) is 1. The minimum Gasteiger partial charge on any atom is -0.480 e. The molecule has 0 radical (unpaired) electrons. The van der Waals surface area contributed by atoms with Gasteiger partial charge < -0.3 is 15.3 Å². The van der Waals surface area contributed by atoms with Gasteiger partial charge >= 0.3 is 5.97 Å². The molecule has 3 saturated carbocycles. The molecule has 1 saturated heterocycles. The lowest BCUT2D eigenvalue weighted by molar-refractivity contribution is -0.159. The maximum absolute atomic E-state index is 12.7. The van der Waals surface area contributed by atoms with Crippen LogP contribution in [-0.2, 0) is 14.4 Å². The number of fused-ring (bicyclic) bond motifs is 5. The number of rotatable bonds is 3. The second-order valence-corrected chi connectivity index (χ2v) is 10.3. The van der Waals surface area contributed by atoms with Gasteiger partial charge in [-0.05, 0) is 73.5 Å². The van der Waals surface area contributed by atoms with Crippen LogP contribution < -0.4 is 5.32 Å². The highest BCUT2D eigenvalue weighted by molar-refractivity contribution is 5.83. The van der Waals surface area contributed by atoms with Crippen LogP contribution in [0.3, 0.4) is 0 Å². The lowest BCUT2D eigenvalue weighted by Crippen LogP contribution is -2.61. The molecule has 1 heterocycles. The first kappa shape index (κ1) is 19.7. The number of carbonyl (C=O) groups is 3. The fourth-order valence-electron chi connectivity index (χ4n) is 7.87. The zero-order valence-electron chi connectivity index (χ0n) is 17.4. The van der Waals surface area contributed by atoms with E-state index in [0.717, 1.165) is 44.9 Å². The third-order valence-corrected chi connectivity index (χ3v) is 9.29. The maximum Gasteiger partial charge on any atom is 0.322 e. The summed E-state index contributed by atoms with van der Waals surface area (Å²) in [6.45, 7) is 4.39. The van der Waals surface area contributed by atoms with E-state index in [-0.39, 0.29) is 35.1 Å². The summed E-state index contributed by atoms with van der Waals surface area (Å²) < 4.78 is 0. The maximum atomic E-state index is 12.7. The zero-order valence-corrected chi connectivity index (χ0v) is 17.4. The van der Waals surface area contributed by atoms with Gasteiger partial charge in [0.15, 0.2) is 0 Å². The zero-order chi connectivity index (χ0) is 20.3. The Balaban J connectivity index is 1.54. The number of carboxylic acids is 1. The Bertz CT molecular complexity index is 694. The smallest absolute Gasteiger partial charge is 0.322 e. The number of amides is 2. The molecule has 0 aromatic heterocycles. The highest BCUT2D eigenvalue weighted by atomic mass is 16.4. The van der Waals surface area contributed by atoms with E-state index in [0.29, 0.717) is 30.2 Å². The number of hydrogen-bond acceptors (Lipinski definition) is 3. The summed E-state index contributed by atoms with van der Waals surface area (Å²) in [5, 5.41) is 11.5. The normalized spacial score (nSPS) is 45.0. The minimum atomic E-state index is -0.987. The molecule has 0 bridgehead atoms. The first-order valence-electron chi connectivity index (χ1n) is 10.9. The van der Waals surface area contributed by atoms with Gasteiger partial charge in [0.25, 0.3) is 0 Å². The van der Waals surface area contributed by atoms with Gasteiger partial charge in [0.05, 0.1) is 0 Å². The van der Waals surface area contributed by atoms with Crippen LogP contribution in [0.25, 0.3) is 0 Å². The summed E-state index contributed by atoms with van der Waals surface area (Å²) in [5.41, 5.74) is 0.167. The van der Waals surface area contributed by atoms with Gasteiger partial charge in [-0.2, -0.15) is 0 Å². The molecule has 0 spiro atoms. The van der Waals surface area contributed by atoms with Crippen molar-refractivity contribution in [2.45, 2.75) is 71.3 Å². The molecule has 2 amide bonds. The van der Waals surface area contributed by atoms with E-state index in [2.05, 4.69) is 19.2 Å². The Kier molecular flexibility index (Phi) is 4.74. The van der Waals surface area contributed by atoms with Crippen molar-refractivity contribution in [2.75, 3.05) is 13.6 Å². The quantitative estimate of drug-likeness (QED) is 0.776. The molecule has 28 heavy (non-hydrogen) atoms. The topological polar surface area (TPSA) is 86.7 Å². The van der Waals surface area contributed by atoms with Crippen molar-refractivity contribution in [1.29, 1.82) is 0 Å². The minimum absolute atomic E-state index is 0.0245. The van der Waals surface area contributed by atoms with Crippen LogP contribution in [0.5, 0.6) is 0 Å². The van der Waals surface area contributed by atoms with Gasteiger partial charge in [-0.25, -0.2) is 0 Å². The number of nitrogens with zero attached hydrogens (tertiary/aromatic N) is 1. The Labute approximate surface area is 167 Å². The van der Waals surface area contributed by atoms with E-state index in [1.54, 1.807) is 0 Å². The fourth-order valence-corrected chi connectivity index (χ4v) is 7.87. The van der Waals surface area contributed by atoms with E-state index in [9.17, 15) is 14.4 Å². The largest absolute Gasteiger partial charge is 0.480 e. The second kappa shape index (κ2) is 6.74. The number of piperidine rings is 1. The molecule has 4 fully saturated rings. The highest BCUT2D eigenvalue weighted by Gasteiger charge is 2.62. The van der Waals surface area contributed by atoms with Crippen LogP contribution in [0.15, 0.2) is 0 Å². The number of likely N-dealkylation sites (tertiary alicyclic amines) is 1. The lowest BCUT2D eigenvalue weighted by atomic mass is 9.47. The monoisotopic (exact) mass is 390 g/mol. The van der Waals surface area contributed by atoms with Crippen molar-refractivity contribution >= 4 is 17.8 Å². The van der Waals surface area contributed by atoms with Crippen LogP contribution in [0.2, 0.25) is 0 Å². The van der Waals surface area contributed by atoms with Gasteiger partial charge in [0.1, 0.15) is 6.54 Å². The van der Waals surface area contributed by atoms with Gasteiger partial charge in [-0.1, -0.05) is 13.8 Å². The molecular weight excluding hydrogens is 356 g/mol. The third-order valence-electron chi connectivity index (χ3n) is 9.29. The third kappa shape index (κ3) is 2.78. The molecule has 1 aliphatic heterocycles. The number of nitrogens with one attached hydrogen (secondary N) is 1. The van der Waals surface area contributed by atoms with Crippen molar-refractivity contribution in [3.8, 4) is 0 Å². The fraction of sp³-hybridized carbons (Fsp3) is 0.864. The van der Waals surface area contributed by atoms with Crippen molar-refractivity contribution in [1.82, 2.24) is 10.2 Å². The summed E-state index contributed by atoms with van der Waals surface area (Å²) in [6, 6.07) is 0.357. The van der Waals surface area contributed by atoms with E-state index < -0.39 is 5.97 Å². The molecule has 0 aromatic carbocycles. The summed E-state index contributed by atoms with van der Waals surface area (Å²) in [5.74, 6) is 0.941. The van der Waals surface area contributed by atoms with E-state index >= 15 is 0 Å². The summed E-state index contributed by atoms with van der Waals surface area (Å²) >= 11 is 0. The standard InChI is InChI=1S/C22H34N2O4/c1-21-10-8-15-13(4-7-17-22(15,2)11-9-18(25)24(17)3)14(21)5-6-16(21)20(28)23-12-19(26)27/h13-17H,4-12H2,1-3H3,(H,23,28)(H,26,27)/t13-,14-,15+,16?,17?,21-,22+/m0/s1. The van der Waals surface area contributed by atoms with Crippen LogP contribution in [-0.4, -0.2) is 47.4 Å². The van der Waals surface area contributed by atoms with Gasteiger partial charge in [0.2, 0.25) is 11.8 Å². The van der Waals surface area contributed by atoms with E-state index in [1.165, 1.54) is 0 Å². The number of aliphatic carboxylic acids is 1. The van der Waals surface area contributed by atoms with E-state index in [4.69, 9.17) is 5.11 Å². The molecule has 3 aliphatic carbocycles. The Hall–Kier alpha value is -1.59. The molecule has 7 atom stereocenters. The van der Waals surface area contributed by atoms with Crippen LogP contribution in [0.4, 0.5) is 0 Å². The lowest BCUT2D eigenvalue weighted by Gasteiger charge is -2.61. The Morgan fingerprint density at radius 2 is 1.79 bits per heavy atom. The Morgan fingerprint density at radius 3 is 2.50 bits per heavy atom. The van der Waals surface area contributed by atoms with E-state index in [1.807, 2.05) is 11.9 Å². The molecule has 2 N–H and O–H groups in total. The summed E-state index contributed by atoms with van der Waals surface area (Å²) in [7, 11) is 1.98. The van der Waals surface area contributed by atoms with Crippen molar-refractivity contribution in [2.24, 2.45) is 34.5 Å². The van der Waals surface area contributed by atoms with Gasteiger partial charge in [-0.3, -0.25) is 14.4 Å². The molecule has 6 heteroatoms. The Morgan fingerprint density at radius 1 is 1.07 bits per heavy atom. The summed E-state index contributed by atoms with van der Waals surface area (Å²) in [6.07, 6.45) is 7.96. The predicted octanol–water partition coefficient (Wildman–Crippen LogP) is 2.67. The number of hydrogen-bond donors (Lipinski definition) is 2. The molecule has 6 nitrogen and oxygen atoms in total. The van der Waals surface area contributed by atoms with Gasteiger partial charge in [0, 0.05) is 25.4 Å². The van der Waals surface area contributed by atoms with Crippen LogP contribution in [0, 0.1) is 34.5 Å². The van der Waals surface area contributed by atoms with Gasteiger partial charge in [-0.15, -0.1) is 0 Å². The number of carbonyl (C=O) groups excluding carboxylic acids is 2. The van der Waals surface area contributed by atoms with Crippen molar-refractivity contribution in [3.63, 3.8) is 0 Å². The SMILES string of the molecule is CN1C(=O)CC[C@@]2(C)C1CC[C@@H]1[C@H]2CC[C@]2(C)C(C(=O)NCC(=O)O)CC[C@@H]12. The van der Waals surface area contributed by atoms with Crippen molar-refractivity contribution < 1.29 is 19.5 Å². The van der Waals surface area contributed by atoms with Crippen LogP contribution >= 0.6 is 0 Å². The summed E-state index contributed by atoms with van der Waals surface area (Å²) in [4.78, 5) is 37.8. The highest BCUT2D eigenvalue weighted by Crippen LogP contribution is 2.66. The van der Waals surface area contributed by atoms with Crippen LogP contribution in [0.1, 0.15) is 65.2 Å². The average Bonchev–Trinajstić information content (AvgIpc) is 3.00. The van der Waals surface area contributed by atoms with Crippen molar-refractivity contribution in [3.05, 3.63) is 0 Å². The first-order chi connectivity index (χ1) is 13.2. The second-order valence-electron chi connectivity index (χ2n) is 10.3.